The van der Waals surface area contributed by atoms with Crippen molar-refractivity contribution in [3.05, 3.63) is 59.2 Å². The van der Waals surface area contributed by atoms with E-state index in [4.69, 9.17) is 10.1 Å². The number of benzene rings is 2. The second kappa shape index (κ2) is 6.78. The van der Waals surface area contributed by atoms with E-state index in [1.54, 1.807) is 4.57 Å². The second-order valence-corrected chi connectivity index (χ2v) is 9.20. The molecule has 158 valence electrons. The summed E-state index contributed by atoms with van der Waals surface area (Å²) < 4.78 is 59.7. The minimum absolute atomic E-state index is 0.0775. The molecule has 0 radical (unpaired) electrons. The SMILES string of the molecule is COC1=CS(=O)(=O)N(CC(C)(O)Cn2c3ccc(F)cc3c3cc(F)ccc32)C1=N. The van der Waals surface area contributed by atoms with Gasteiger partial charge in [0.1, 0.15) is 11.6 Å². The quantitative estimate of drug-likeness (QED) is 0.644. The normalized spacial score (nSPS) is 18.1. The number of halogens is 2. The fourth-order valence-electron chi connectivity index (χ4n) is 3.74. The van der Waals surface area contributed by atoms with Gasteiger partial charge in [0.25, 0.3) is 10.0 Å². The molecule has 0 amide bonds. The summed E-state index contributed by atoms with van der Waals surface area (Å²) in [6.07, 6.45) is 0. The first-order valence-corrected chi connectivity index (χ1v) is 10.5. The minimum Gasteiger partial charge on any atom is -0.492 e. The van der Waals surface area contributed by atoms with E-state index in [-0.39, 0.29) is 18.1 Å². The third-order valence-electron chi connectivity index (χ3n) is 5.04. The zero-order chi connectivity index (χ0) is 21.8. The fraction of sp³-hybridized carbons (Fsp3) is 0.250. The number of β-amino-alcohol motifs (C(OH)–C–C–N with tert-alkyl or cyclic N) is 1. The lowest BCUT2D eigenvalue weighted by molar-refractivity contribution is 0.0358. The third-order valence-corrected chi connectivity index (χ3v) is 6.48. The zero-order valence-electron chi connectivity index (χ0n) is 16.2. The Morgan fingerprint density at radius 2 is 1.60 bits per heavy atom. The number of nitrogens with one attached hydrogen (secondary N) is 1. The van der Waals surface area contributed by atoms with Crippen LogP contribution in [-0.2, 0) is 21.3 Å². The minimum atomic E-state index is -3.95. The number of aromatic nitrogens is 1. The first-order chi connectivity index (χ1) is 14.0. The highest BCUT2D eigenvalue weighted by Gasteiger charge is 2.39. The monoisotopic (exact) mass is 435 g/mol. The molecule has 0 saturated carbocycles. The Kier molecular flexibility index (Phi) is 4.59. The molecule has 10 heteroatoms. The van der Waals surface area contributed by atoms with Crippen LogP contribution in [0.4, 0.5) is 8.78 Å². The number of rotatable bonds is 5. The molecule has 4 rings (SSSR count). The topological polar surface area (TPSA) is 95.6 Å². The van der Waals surface area contributed by atoms with Gasteiger partial charge in [0.15, 0.2) is 11.6 Å². The van der Waals surface area contributed by atoms with Crippen molar-refractivity contribution in [2.75, 3.05) is 13.7 Å². The molecule has 1 atom stereocenters. The maximum Gasteiger partial charge on any atom is 0.262 e. The smallest absolute Gasteiger partial charge is 0.262 e. The Morgan fingerprint density at radius 1 is 1.07 bits per heavy atom. The largest absolute Gasteiger partial charge is 0.492 e. The van der Waals surface area contributed by atoms with Gasteiger partial charge in [-0.25, -0.2) is 21.5 Å². The molecule has 0 saturated heterocycles. The number of methoxy groups -OCH3 is 1. The van der Waals surface area contributed by atoms with Crippen LogP contribution in [0.3, 0.4) is 0 Å². The molecule has 2 aromatic carbocycles. The summed E-state index contributed by atoms with van der Waals surface area (Å²) in [5.41, 5.74) is -0.488. The van der Waals surface area contributed by atoms with Gasteiger partial charge in [0, 0.05) is 21.8 Å². The van der Waals surface area contributed by atoms with Crippen LogP contribution < -0.4 is 0 Å². The first kappa shape index (κ1) is 20.3. The van der Waals surface area contributed by atoms with Crippen molar-refractivity contribution in [1.29, 1.82) is 5.41 Å². The number of ether oxygens (including phenoxy) is 1. The number of aliphatic hydroxyl groups is 1. The van der Waals surface area contributed by atoms with Crippen molar-refractivity contribution >= 4 is 37.7 Å². The Morgan fingerprint density at radius 3 is 2.07 bits per heavy atom. The lowest BCUT2D eigenvalue weighted by Crippen LogP contribution is -2.46. The molecule has 2 N–H and O–H groups in total. The van der Waals surface area contributed by atoms with Gasteiger partial charge in [-0.15, -0.1) is 0 Å². The number of hydrogen-bond acceptors (Lipinski definition) is 5. The standard InChI is InChI=1S/C20H19F2N3O4S/c1-20(26,11-25-19(23)18(29-2)9-30(25,27)28)10-24-16-5-3-12(21)7-14(16)15-8-13(22)4-6-17(15)24/h3-9,23,26H,10-11H2,1-2H3. The summed E-state index contributed by atoms with van der Waals surface area (Å²) in [6.45, 7) is 0.957. The van der Waals surface area contributed by atoms with Crippen LogP contribution in [0.1, 0.15) is 6.92 Å². The third kappa shape index (κ3) is 3.31. The van der Waals surface area contributed by atoms with Crippen LogP contribution in [0.15, 0.2) is 47.6 Å². The lowest BCUT2D eigenvalue weighted by Gasteiger charge is -2.30. The van der Waals surface area contributed by atoms with E-state index in [1.807, 2.05) is 0 Å². The van der Waals surface area contributed by atoms with E-state index in [0.717, 1.165) is 9.71 Å². The molecular weight excluding hydrogens is 416 g/mol. The summed E-state index contributed by atoms with van der Waals surface area (Å²) in [4.78, 5) is 0. The molecular formula is C20H19F2N3O4S. The maximum absolute atomic E-state index is 13.8. The van der Waals surface area contributed by atoms with Gasteiger partial charge in [-0.05, 0) is 43.3 Å². The highest BCUT2D eigenvalue weighted by molar-refractivity contribution is 7.93. The van der Waals surface area contributed by atoms with Crippen molar-refractivity contribution in [3.63, 3.8) is 0 Å². The van der Waals surface area contributed by atoms with E-state index >= 15 is 0 Å². The summed E-state index contributed by atoms with van der Waals surface area (Å²) in [5.74, 6) is -1.45. The predicted molar refractivity (Wildman–Crippen MR) is 108 cm³/mol. The highest BCUT2D eigenvalue weighted by atomic mass is 32.2. The summed E-state index contributed by atoms with van der Waals surface area (Å²) in [7, 11) is -2.69. The van der Waals surface area contributed by atoms with Crippen molar-refractivity contribution < 1.29 is 27.0 Å². The Balaban J connectivity index is 1.76. The summed E-state index contributed by atoms with van der Waals surface area (Å²) >= 11 is 0. The van der Waals surface area contributed by atoms with Crippen LogP contribution in [0.5, 0.6) is 0 Å². The predicted octanol–water partition coefficient (Wildman–Crippen LogP) is 2.93. The van der Waals surface area contributed by atoms with Gasteiger partial charge in [0.05, 0.1) is 31.2 Å². The lowest BCUT2D eigenvalue weighted by atomic mass is 10.1. The van der Waals surface area contributed by atoms with E-state index in [1.165, 1.54) is 50.4 Å². The Bertz CT molecular complexity index is 1270. The Hall–Kier alpha value is -2.98. The van der Waals surface area contributed by atoms with Gasteiger partial charge in [0.2, 0.25) is 0 Å². The van der Waals surface area contributed by atoms with Gasteiger partial charge in [-0.2, -0.15) is 0 Å². The molecule has 30 heavy (non-hydrogen) atoms. The molecule has 2 heterocycles. The summed E-state index contributed by atoms with van der Waals surface area (Å²) in [6, 6.07) is 8.15. The van der Waals surface area contributed by atoms with Gasteiger partial charge >= 0.3 is 0 Å². The second-order valence-electron chi connectivity index (χ2n) is 7.49. The van der Waals surface area contributed by atoms with Gasteiger partial charge in [-0.3, -0.25) is 5.41 Å². The summed E-state index contributed by atoms with van der Waals surface area (Å²) in [5, 5.41) is 20.8. The number of hydrogen-bond donors (Lipinski definition) is 2. The highest BCUT2D eigenvalue weighted by Crippen LogP contribution is 2.32. The van der Waals surface area contributed by atoms with Crippen LogP contribution in [0, 0.1) is 17.0 Å². The average Bonchev–Trinajstić information content (AvgIpc) is 3.06. The van der Waals surface area contributed by atoms with E-state index in [0.29, 0.717) is 21.8 Å². The van der Waals surface area contributed by atoms with Crippen molar-refractivity contribution in [1.82, 2.24) is 8.87 Å². The average molecular weight is 435 g/mol. The van der Waals surface area contributed by atoms with E-state index in [9.17, 15) is 22.3 Å². The fourth-order valence-corrected chi connectivity index (χ4v) is 5.15. The number of nitrogens with zero attached hydrogens (tertiary/aromatic N) is 2. The molecule has 0 spiro atoms. The first-order valence-electron chi connectivity index (χ1n) is 8.99. The molecule has 7 nitrogen and oxygen atoms in total. The molecule has 0 bridgehead atoms. The van der Waals surface area contributed by atoms with Crippen LogP contribution in [0.25, 0.3) is 21.8 Å². The van der Waals surface area contributed by atoms with Crippen LogP contribution >= 0.6 is 0 Å². The molecule has 1 aromatic heterocycles. The molecule has 0 fully saturated rings. The van der Waals surface area contributed by atoms with Gasteiger partial charge < -0.3 is 14.4 Å². The number of fused-ring (bicyclic) bond motifs is 3. The molecule has 1 aliphatic rings. The molecule has 3 aromatic rings. The van der Waals surface area contributed by atoms with E-state index in [2.05, 4.69) is 0 Å². The molecule has 1 unspecified atom stereocenters. The van der Waals surface area contributed by atoms with Gasteiger partial charge in [-0.1, -0.05) is 0 Å². The zero-order valence-corrected chi connectivity index (χ0v) is 17.0. The van der Waals surface area contributed by atoms with Crippen molar-refractivity contribution in [2.24, 2.45) is 0 Å². The number of amidine groups is 1. The van der Waals surface area contributed by atoms with Crippen molar-refractivity contribution in [3.8, 4) is 0 Å². The number of sulfonamides is 1. The van der Waals surface area contributed by atoms with Crippen LogP contribution in [0.2, 0.25) is 0 Å². The maximum atomic E-state index is 13.8. The van der Waals surface area contributed by atoms with Crippen LogP contribution in [-0.4, -0.2) is 47.5 Å². The molecule has 0 aliphatic carbocycles. The van der Waals surface area contributed by atoms with Crippen molar-refractivity contribution in [2.45, 2.75) is 19.1 Å². The molecule has 1 aliphatic heterocycles. The Labute approximate surface area is 171 Å². The van der Waals surface area contributed by atoms with E-state index < -0.39 is 33.8 Å².